The Morgan fingerprint density at radius 3 is 2.52 bits per heavy atom. The highest BCUT2D eigenvalue weighted by atomic mass is 35.5. The fourth-order valence-electron chi connectivity index (χ4n) is 2.34. The van der Waals surface area contributed by atoms with Crippen LogP contribution in [-0.2, 0) is 4.79 Å². The Balaban J connectivity index is 1.49. The number of ether oxygens (including phenoxy) is 2. The molecule has 2 aromatic carbocycles. The molecule has 0 bridgehead atoms. The Morgan fingerprint density at radius 1 is 1.15 bits per heavy atom. The molecule has 6 heteroatoms. The van der Waals surface area contributed by atoms with Crippen LogP contribution >= 0.6 is 11.6 Å². The largest absolute Gasteiger partial charge is 0.490 e. The van der Waals surface area contributed by atoms with Crippen molar-refractivity contribution in [2.75, 3.05) is 13.2 Å². The molecular weight excluding hydrogens is 364 g/mol. The van der Waals surface area contributed by atoms with Crippen molar-refractivity contribution < 1.29 is 14.3 Å². The van der Waals surface area contributed by atoms with E-state index in [-0.39, 0.29) is 17.5 Å². The van der Waals surface area contributed by atoms with Crippen LogP contribution in [0.25, 0.3) is 6.08 Å². The maximum absolute atomic E-state index is 12.0. The third kappa shape index (κ3) is 5.77. The van der Waals surface area contributed by atoms with E-state index in [0.717, 1.165) is 18.4 Å². The van der Waals surface area contributed by atoms with E-state index in [1.807, 2.05) is 18.2 Å². The van der Waals surface area contributed by atoms with Gasteiger partial charge in [-0.3, -0.25) is 4.79 Å². The van der Waals surface area contributed by atoms with Crippen LogP contribution < -0.4 is 14.8 Å². The van der Waals surface area contributed by atoms with Crippen LogP contribution in [0.15, 0.2) is 54.1 Å². The number of nitriles is 1. The van der Waals surface area contributed by atoms with E-state index in [4.69, 9.17) is 21.1 Å². The number of amides is 1. The third-order valence-electron chi connectivity index (χ3n) is 3.92. The monoisotopic (exact) mass is 382 g/mol. The molecule has 1 N–H and O–H groups in total. The van der Waals surface area contributed by atoms with Gasteiger partial charge in [0.1, 0.15) is 36.4 Å². The van der Waals surface area contributed by atoms with E-state index >= 15 is 0 Å². The van der Waals surface area contributed by atoms with E-state index < -0.39 is 0 Å². The zero-order valence-corrected chi connectivity index (χ0v) is 15.4. The molecule has 0 radical (unpaired) electrons. The Morgan fingerprint density at radius 2 is 1.85 bits per heavy atom. The molecule has 1 aliphatic rings. The molecule has 2 aromatic rings. The number of nitrogens with zero attached hydrogens (tertiary/aromatic N) is 1. The quantitative estimate of drug-likeness (QED) is 0.426. The summed E-state index contributed by atoms with van der Waals surface area (Å²) >= 11 is 6.02. The predicted octanol–water partition coefficient (Wildman–Crippen LogP) is 3.98. The summed E-state index contributed by atoms with van der Waals surface area (Å²) in [4.78, 5) is 12.0. The lowest BCUT2D eigenvalue weighted by Crippen LogP contribution is -2.26. The first-order valence-corrected chi connectivity index (χ1v) is 9.06. The predicted molar refractivity (Wildman–Crippen MR) is 104 cm³/mol. The molecule has 3 rings (SSSR count). The van der Waals surface area contributed by atoms with E-state index in [1.165, 1.54) is 0 Å². The normalized spacial score (nSPS) is 13.6. The van der Waals surface area contributed by atoms with Gasteiger partial charge in [-0.05, 0) is 48.7 Å². The number of hydrogen-bond donors (Lipinski definition) is 1. The summed E-state index contributed by atoms with van der Waals surface area (Å²) in [6, 6.07) is 16.6. The van der Waals surface area contributed by atoms with Crippen LogP contribution in [-0.4, -0.2) is 25.2 Å². The second kappa shape index (κ2) is 9.11. The van der Waals surface area contributed by atoms with Crippen molar-refractivity contribution in [3.05, 3.63) is 64.7 Å². The molecule has 0 unspecified atom stereocenters. The Labute approximate surface area is 163 Å². The molecule has 1 aliphatic carbocycles. The van der Waals surface area contributed by atoms with Crippen molar-refractivity contribution in [1.29, 1.82) is 5.26 Å². The molecule has 1 amide bonds. The Hall–Kier alpha value is -2.97. The topological polar surface area (TPSA) is 71.3 Å². The SMILES string of the molecule is N#C/C(=C\c1ccc(OCCOc2ccccc2Cl)cc1)C(=O)NC1CC1. The van der Waals surface area contributed by atoms with Crippen LogP contribution in [0.3, 0.4) is 0 Å². The smallest absolute Gasteiger partial charge is 0.262 e. The number of halogens is 1. The number of hydrogen-bond acceptors (Lipinski definition) is 4. The molecule has 138 valence electrons. The van der Waals surface area contributed by atoms with Gasteiger partial charge in [-0.15, -0.1) is 0 Å². The number of para-hydroxylation sites is 1. The summed E-state index contributed by atoms with van der Waals surface area (Å²) in [5.41, 5.74) is 0.862. The first kappa shape index (κ1) is 18.8. The van der Waals surface area contributed by atoms with Crippen molar-refractivity contribution in [2.24, 2.45) is 0 Å². The highest BCUT2D eigenvalue weighted by Gasteiger charge is 2.24. The Kier molecular flexibility index (Phi) is 6.35. The van der Waals surface area contributed by atoms with Crippen molar-refractivity contribution in [1.82, 2.24) is 5.32 Å². The van der Waals surface area contributed by atoms with Crippen molar-refractivity contribution in [3.8, 4) is 17.6 Å². The average Bonchev–Trinajstić information content (AvgIpc) is 3.49. The fourth-order valence-corrected chi connectivity index (χ4v) is 2.53. The molecule has 0 aliphatic heterocycles. The average molecular weight is 383 g/mol. The summed E-state index contributed by atoms with van der Waals surface area (Å²) in [7, 11) is 0. The van der Waals surface area contributed by atoms with Crippen molar-refractivity contribution in [2.45, 2.75) is 18.9 Å². The van der Waals surface area contributed by atoms with Gasteiger partial charge in [0.2, 0.25) is 0 Å². The first-order valence-electron chi connectivity index (χ1n) is 8.68. The molecule has 0 heterocycles. The molecule has 0 aromatic heterocycles. The minimum absolute atomic E-state index is 0.101. The van der Waals surface area contributed by atoms with Crippen LogP contribution in [0.5, 0.6) is 11.5 Å². The van der Waals surface area contributed by atoms with E-state index in [9.17, 15) is 10.1 Å². The van der Waals surface area contributed by atoms with E-state index in [2.05, 4.69) is 5.32 Å². The standard InChI is InChI=1S/C21H19ClN2O3/c22-19-3-1-2-4-20(19)27-12-11-26-18-9-5-15(6-10-18)13-16(14-23)21(25)24-17-7-8-17/h1-6,9-10,13,17H,7-8,11-12H2,(H,24,25)/b16-13+. The summed E-state index contributed by atoms with van der Waals surface area (Å²) in [6.45, 7) is 0.735. The van der Waals surface area contributed by atoms with Crippen molar-refractivity contribution >= 4 is 23.6 Å². The Bertz CT molecular complexity index is 868. The lowest BCUT2D eigenvalue weighted by atomic mass is 10.1. The number of nitrogens with one attached hydrogen (secondary N) is 1. The summed E-state index contributed by atoms with van der Waals surface area (Å²) in [6.07, 6.45) is 3.54. The van der Waals surface area contributed by atoms with Gasteiger partial charge in [-0.25, -0.2) is 0 Å². The molecule has 0 saturated heterocycles. The van der Waals surface area contributed by atoms with Crippen LogP contribution in [0.4, 0.5) is 0 Å². The van der Waals surface area contributed by atoms with Gasteiger partial charge < -0.3 is 14.8 Å². The lowest BCUT2D eigenvalue weighted by Gasteiger charge is -2.09. The highest BCUT2D eigenvalue weighted by molar-refractivity contribution is 6.32. The van der Waals surface area contributed by atoms with Gasteiger partial charge in [0.25, 0.3) is 5.91 Å². The van der Waals surface area contributed by atoms with Gasteiger partial charge in [-0.2, -0.15) is 5.26 Å². The van der Waals surface area contributed by atoms with Crippen LogP contribution in [0.2, 0.25) is 5.02 Å². The summed E-state index contributed by atoms with van der Waals surface area (Å²) in [5.74, 6) is 0.977. The summed E-state index contributed by atoms with van der Waals surface area (Å²) in [5, 5.41) is 12.5. The fraction of sp³-hybridized carbons (Fsp3) is 0.238. The highest BCUT2D eigenvalue weighted by Crippen LogP contribution is 2.23. The zero-order valence-electron chi connectivity index (χ0n) is 14.7. The van der Waals surface area contributed by atoms with Gasteiger partial charge in [0, 0.05) is 6.04 Å². The van der Waals surface area contributed by atoms with Gasteiger partial charge in [-0.1, -0.05) is 35.9 Å². The maximum Gasteiger partial charge on any atom is 0.262 e. The molecule has 0 spiro atoms. The molecule has 0 atom stereocenters. The first-order chi connectivity index (χ1) is 13.2. The minimum atomic E-state index is -0.322. The van der Waals surface area contributed by atoms with E-state index in [0.29, 0.717) is 29.7 Å². The molecule has 1 saturated carbocycles. The van der Waals surface area contributed by atoms with Gasteiger partial charge in [0.05, 0.1) is 5.02 Å². The third-order valence-corrected chi connectivity index (χ3v) is 4.23. The van der Waals surface area contributed by atoms with Gasteiger partial charge in [0.15, 0.2) is 0 Å². The number of carbonyl (C=O) groups is 1. The number of benzene rings is 2. The second-order valence-corrected chi connectivity index (χ2v) is 6.52. The zero-order chi connectivity index (χ0) is 19.1. The molecule has 1 fully saturated rings. The van der Waals surface area contributed by atoms with Crippen LogP contribution in [0, 0.1) is 11.3 Å². The van der Waals surface area contributed by atoms with Crippen molar-refractivity contribution in [3.63, 3.8) is 0 Å². The summed E-state index contributed by atoms with van der Waals surface area (Å²) < 4.78 is 11.2. The van der Waals surface area contributed by atoms with Gasteiger partial charge >= 0.3 is 0 Å². The lowest BCUT2D eigenvalue weighted by molar-refractivity contribution is -0.117. The number of carbonyl (C=O) groups excluding carboxylic acids is 1. The molecule has 27 heavy (non-hydrogen) atoms. The number of rotatable bonds is 8. The second-order valence-electron chi connectivity index (χ2n) is 6.11. The minimum Gasteiger partial charge on any atom is -0.490 e. The maximum atomic E-state index is 12.0. The molecular formula is C21H19ClN2O3. The molecule has 5 nitrogen and oxygen atoms in total. The van der Waals surface area contributed by atoms with Crippen LogP contribution in [0.1, 0.15) is 18.4 Å². The van der Waals surface area contributed by atoms with E-state index in [1.54, 1.807) is 42.5 Å².